The lowest BCUT2D eigenvalue weighted by molar-refractivity contribution is 0.102. The third-order valence-corrected chi connectivity index (χ3v) is 1.87. The van der Waals surface area contributed by atoms with Crippen LogP contribution in [0, 0.1) is 0 Å². The molecule has 0 spiro atoms. The van der Waals surface area contributed by atoms with Gasteiger partial charge in [0.25, 0.3) is 5.91 Å². The molecular weight excluding hydrogens is 192 g/mol. The summed E-state index contributed by atoms with van der Waals surface area (Å²) in [6.07, 6.45) is 4.95. The third-order valence-electron chi connectivity index (χ3n) is 1.87. The number of carbonyl (C=O) groups is 1. The Morgan fingerprint density at radius 2 is 2.33 bits per heavy atom. The van der Waals surface area contributed by atoms with Crippen LogP contribution in [0.1, 0.15) is 10.5 Å². The van der Waals surface area contributed by atoms with Crippen LogP contribution in [0.25, 0.3) is 0 Å². The molecule has 0 fully saturated rings. The fraction of sp³-hybridized carbons (Fsp3) is 0.100. The molecule has 2 heterocycles. The minimum atomic E-state index is -0.233. The van der Waals surface area contributed by atoms with Crippen molar-refractivity contribution in [3.05, 3.63) is 42.5 Å². The van der Waals surface area contributed by atoms with E-state index in [-0.39, 0.29) is 5.91 Å². The Balaban J connectivity index is 2.11. The van der Waals surface area contributed by atoms with E-state index in [2.05, 4.69) is 15.4 Å². The van der Waals surface area contributed by atoms with Gasteiger partial charge in [0.2, 0.25) is 0 Å². The zero-order valence-corrected chi connectivity index (χ0v) is 8.21. The lowest BCUT2D eigenvalue weighted by Gasteiger charge is -2.00. The Kier molecular flexibility index (Phi) is 2.45. The van der Waals surface area contributed by atoms with E-state index >= 15 is 0 Å². The number of hydrogen-bond donors (Lipinski definition) is 1. The second-order valence-electron chi connectivity index (χ2n) is 3.07. The molecule has 0 aromatic carbocycles. The Morgan fingerprint density at radius 1 is 1.47 bits per heavy atom. The minimum Gasteiger partial charge on any atom is -0.319 e. The molecule has 0 saturated heterocycles. The van der Waals surface area contributed by atoms with E-state index in [0.717, 1.165) is 0 Å². The second-order valence-corrected chi connectivity index (χ2v) is 3.07. The summed E-state index contributed by atoms with van der Waals surface area (Å²) in [5.41, 5.74) is 1.05. The van der Waals surface area contributed by atoms with Crippen molar-refractivity contribution in [2.24, 2.45) is 7.05 Å². The molecule has 2 aromatic rings. The van der Waals surface area contributed by atoms with E-state index in [1.165, 1.54) is 0 Å². The molecule has 15 heavy (non-hydrogen) atoms. The minimum absolute atomic E-state index is 0.233. The second kappa shape index (κ2) is 3.91. The maximum atomic E-state index is 11.6. The van der Waals surface area contributed by atoms with E-state index in [9.17, 15) is 4.79 Å². The SMILES string of the molecule is Cn1ccc(C(=O)Nc2cccnc2)n1. The Hall–Kier alpha value is -2.17. The van der Waals surface area contributed by atoms with Crippen LogP contribution in [0.5, 0.6) is 0 Å². The van der Waals surface area contributed by atoms with Gasteiger partial charge in [-0.15, -0.1) is 0 Å². The molecule has 0 bridgehead atoms. The van der Waals surface area contributed by atoms with Gasteiger partial charge in [-0.05, 0) is 18.2 Å². The summed E-state index contributed by atoms with van der Waals surface area (Å²) in [4.78, 5) is 15.5. The number of nitrogens with zero attached hydrogens (tertiary/aromatic N) is 3. The first-order valence-corrected chi connectivity index (χ1v) is 4.47. The van der Waals surface area contributed by atoms with Gasteiger partial charge in [-0.3, -0.25) is 14.5 Å². The molecule has 1 N–H and O–H groups in total. The molecule has 76 valence electrons. The monoisotopic (exact) mass is 202 g/mol. The predicted octanol–water partition coefficient (Wildman–Crippen LogP) is 1.07. The van der Waals surface area contributed by atoms with Crippen LogP contribution < -0.4 is 5.32 Å². The van der Waals surface area contributed by atoms with Crippen LogP contribution in [0.4, 0.5) is 5.69 Å². The van der Waals surface area contributed by atoms with Crippen molar-refractivity contribution in [2.45, 2.75) is 0 Å². The van der Waals surface area contributed by atoms with Crippen LogP contribution in [0.15, 0.2) is 36.8 Å². The van der Waals surface area contributed by atoms with Gasteiger partial charge in [-0.2, -0.15) is 5.10 Å². The van der Waals surface area contributed by atoms with Crippen LogP contribution in [0.2, 0.25) is 0 Å². The van der Waals surface area contributed by atoms with Crippen molar-refractivity contribution in [1.29, 1.82) is 0 Å². The molecule has 5 nitrogen and oxygen atoms in total. The first-order valence-electron chi connectivity index (χ1n) is 4.47. The van der Waals surface area contributed by atoms with Gasteiger partial charge in [-0.1, -0.05) is 0 Å². The van der Waals surface area contributed by atoms with E-state index in [4.69, 9.17) is 0 Å². The van der Waals surface area contributed by atoms with Crippen LogP contribution in [0.3, 0.4) is 0 Å². The Bertz CT molecular complexity index is 463. The number of amides is 1. The highest BCUT2D eigenvalue weighted by atomic mass is 16.1. The fourth-order valence-corrected chi connectivity index (χ4v) is 1.17. The number of rotatable bonds is 2. The lowest BCUT2D eigenvalue weighted by atomic mass is 10.3. The summed E-state index contributed by atoms with van der Waals surface area (Å²) < 4.78 is 1.58. The zero-order valence-electron chi connectivity index (χ0n) is 8.21. The van der Waals surface area contributed by atoms with Gasteiger partial charge in [0, 0.05) is 19.4 Å². The lowest BCUT2D eigenvalue weighted by Crippen LogP contribution is -2.13. The number of nitrogens with one attached hydrogen (secondary N) is 1. The summed E-state index contributed by atoms with van der Waals surface area (Å²) >= 11 is 0. The average Bonchev–Trinajstić information content (AvgIpc) is 2.66. The largest absolute Gasteiger partial charge is 0.319 e. The molecule has 2 aromatic heterocycles. The van der Waals surface area contributed by atoms with Crippen LogP contribution in [-0.4, -0.2) is 20.7 Å². The number of carbonyl (C=O) groups excluding carboxylic acids is 1. The molecule has 0 aliphatic carbocycles. The number of pyridine rings is 1. The van der Waals surface area contributed by atoms with Crippen molar-refractivity contribution in [3.8, 4) is 0 Å². The molecule has 0 unspecified atom stereocenters. The normalized spacial score (nSPS) is 9.93. The summed E-state index contributed by atoms with van der Waals surface area (Å²) in [6, 6.07) is 5.19. The molecule has 0 radical (unpaired) electrons. The van der Waals surface area contributed by atoms with Crippen molar-refractivity contribution < 1.29 is 4.79 Å². The van der Waals surface area contributed by atoms with E-state index < -0.39 is 0 Å². The van der Waals surface area contributed by atoms with Gasteiger partial charge in [0.05, 0.1) is 11.9 Å². The number of hydrogen-bond acceptors (Lipinski definition) is 3. The standard InChI is InChI=1S/C10H10N4O/c1-14-6-4-9(13-14)10(15)12-8-3-2-5-11-7-8/h2-7H,1H3,(H,12,15). The summed E-state index contributed by atoms with van der Waals surface area (Å²) in [6.45, 7) is 0. The van der Waals surface area contributed by atoms with Crippen molar-refractivity contribution >= 4 is 11.6 Å². The Morgan fingerprint density at radius 3 is 2.93 bits per heavy atom. The molecule has 0 saturated carbocycles. The van der Waals surface area contributed by atoms with E-state index in [1.807, 2.05) is 0 Å². The predicted molar refractivity (Wildman–Crippen MR) is 55.4 cm³/mol. The maximum Gasteiger partial charge on any atom is 0.276 e. The summed E-state index contributed by atoms with van der Waals surface area (Å²) in [7, 11) is 1.76. The summed E-state index contributed by atoms with van der Waals surface area (Å²) in [5.74, 6) is -0.233. The third kappa shape index (κ3) is 2.19. The van der Waals surface area contributed by atoms with Gasteiger partial charge in [0.1, 0.15) is 0 Å². The average molecular weight is 202 g/mol. The van der Waals surface area contributed by atoms with E-state index in [0.29, 0.717) is 11.4 Å². The Labute approximate surface area is 86.8 Å². The first-order chi connectivity index (χ1) is 7.25. The van der Waals surface area contributed by atoms with Gasteiger partial charge in [-0.25, -0.2) is 0 Å². The van der Waals surface area contributed by atoms with Gasteiger partial charge in [0.15, 0.2) is 5.69 Å². The highest BCUT2D eigenvalue weighted by Crippen LogP contribution is 2.05. The van der Waals surface area contributed by atoms with Crippen molar-refractivity contribution in [3.63, 3.8) is 0 Å². The molecule has 0 atom stereocenters. The fourth-order valence-electron chi connectivity index (χ4n) is 1.17. The quantitative estimate of drug-likeness (QED) is 0.792. The van der Waals surface area contributed by atoms with Crippen molar-refractivity contribution in [1.82, 2.24) is 14.8 Å². The van der Waals surface area contributed by atoms with Crippen LogP contribution >= 0.6 is 0 Å². The first kappa shape index (κ1) is 9.39. The number of anilines is 1. The molecule has 5 heteroatoms. The van der Waals surface area contributed by atoms with Crippen molar-refractivity contribution in [2.75, 3.05) is 5.32 Å². The highest BCUT2D eigenvalue weighted by Gasteiger charge is 2.08. The number of aryl methyl sites for hydroxylation is 1. The van der Waals surface area contributed by atoms with Crippen LogP contribution in [-0.2, 0) is 7.05 Å². The molecular formula is C10H10N4O. The van der Waals surface area contributed by atoms with Gasteiger partial charge >= 0.3 is 0 Å². The van der Waals surface area contributed by atoms with E-state index in [1.54, 1.807) is 48.5 Å². The zero-order chi connectivity index (χ0) is 10.7. The smallest absolute Gasteiger partial charge is 0.276 e. The maximum absolute atomic E-state index is 11.6. The summed E-state index contributed by atoms with van der Waals surface area (Å²) in [5, 5.41) is 6.69. The van der Waals surface area contributed by atoms with Gasteiger partial charge < -0.3 is 5.32 Å². The molecule has 1 amide bonds. The molecule has 0 aliphatic heterocycles. The topological polar surface area (TPSA) is 59.8 Å². The molecule has 2 rings (SSSR count). The molecule has 0 aliphatic rings. The highest BCUT2D eigenvalue weighted by molar-refractivity contribution is 6.02. The number of aromatic nitrogens is 3.